The molecule has 0 bridgehead atoms. The maximum Gasteiger partial charge on any atom is 0.263 e. The van der Waals surface area contributed by atoms with E-state index in [-0.39, 0.29) is 23.6 Å². The number of benzene rings is 2. The molecule has 0 aliphatic carbocycles. The van der Waals surface area contributed by atoms with Gasteiger partial charge in [-0.05, 0) is 48.9 Å². The van der Waals surface area contributed by atoms with Gasteiger partial charge >= 0.3 is 0 Å². The molecule has 0 aliphatic heterocycles. The van der Waals surface area contributed by atoms with Crippen LogP contribution in [0.3, 0.4) is 0 Å². The Bertz CT molecular complexity index is 845. The van der Waals surface area contributed by atoms with Gasteiger partial charge in [0.05, 0.1) is 6.04 Å². The van der Waals surface area contributed by atoms with Crippen LogP contribution >= 0.6 is 0 Å². The minimum Gasteiger partial charge on any atom is -0.383 e. The van der Waals surface area contributed by atoms with E-state index in [4.69, 9.17) is 0 Å². The zero-order valence-corrected chi connectivity index (χ0v) is 17.1. The first-order valence-corrected chi connectivity index (χ1v) is 9.83. The Kier molecular flexibility index (Phi) is 7.83. The van der Waals surface area contributed by atoms with Gasteiger partial charge in [0.2, 0.25) is 0 Å². The number of hydrogen-bond acceptors (Lipinski definition) is 3. The van der Waals surface area contributed by atoms with Crippen LogP contribution in [-0.4, -0.2) is 5.91 Å². The number of rotatable bonds is 8. The van der Waals surface area contributed by atoms with Crippen molar-refractivity contribution in [1.29, 1.82) is 5.26 Å². The highest BCUT2D eigenvalue weighted by Gasteiger charge is 2.14. The van der Waals surface area contributed by atoms with E-state index in [0.717, 1.165) is 24.0 Å². The molecule has 146 valence electrons. The van der Waals surface area contributed by atoms with E-state index in [0.29, 0.717) is 0 Å². The Balaban J connectivity index is 1.99. The third-order valence-electron chi connectivity index (χ3n) is 4.97. The predicted molar refractivity (Wildman–Crippen MR) is 113 cm³/mol. The van der Waals surface area contributed by atoms with E-state index in [9.17, 15) is 10.1 Å². The molecule has 0 saturated heterocycles. The topological polar surface area (TPSA) is 64.9 Å². The van der Waals surface area contributed by atoms with Crippen molar-refractivity contribution in [3.63, 3.8) is 0 Å². The molecule has 2 aromatic carbocycles. The van der Waals surface area contributed by atoms with Crippen molar-refractivity contribution >= 4 is 5.91 Å². The SMILES string of the molecule is CCc1ccc(C(C)N/C=C(/C#N)C(=O)NC(C)c2ccc(CC)cc2)cc1. The van der Waals surface area contributed by atoms with Crippen molar-refractivity contribution in [3.8, 4) is 6.07 Å². The van der Waals surface area contributed by atoms with Gasteiger partial charge in [-0.25, -0.2) is 0 Å². The van der Waals surface area contributed by atoms with Gasteiger partial charge in [0.25, 0.3) is 5.91 Å². The average Bonchev–Trinajstić information content (AvgIpc) is 2.74. The minimum atomic E-state index is -0.379. The molecule has 0 spiro atoms. The van der Waals surface area contributed by atoms with Gasteiger partial charge < -0.3 is 10.6 Å². The van der Waals surface area contributed by atoms with Crippen LogP contribution in [0.5, 0.6) is 0 Å². The van der Waals surface area contributed by atoms with Crippen LogP contribution in [0.1, 0.15) is 62.0 Å². The molecule has 1 amide bonds. The molecule has 2 unspecified atom stereocenters. The summed E-state index contributed by atoms with van der Waals surface area (Å²) >= 11 is 0. The molecule has 28 heavy (non-hydrogen) atoms. The first-order chi connectivity index (χ1) is 13.5. The number of aryl methyl sites for hydroxylation is 2. The van der Waals surface area contributed by atoms with E-state index >= 15 is 0 Å². The summed E-state index contributed by atoms with van der Waals surface area (Å²) in [7, 11) is 0. The molecular weight excluding hydrogens is 346 g/mol. The van der Waals surface area contributed by atoms with E-state index in [1.54, 1.807) is 0 Å². The first kappa shape index (κ1) is 21.2. The highest BCUT2D eigenvalue weighted by Crippen LogP contribution is 2.16. The molecule has 2 rings (SSSR count). The number of nitrogens with one attached hydrogen (secondary N) is 2. The number of nitriles is 1. The van der Waals surface area contributed by atoms with Crippen molar-refractivity contribution < 1.29 is 4.79 Å². The Hall–Kier alpha value is -3.06. The monoisotopic (exact) mass is 375 g/mol. The van der Waals surface area contributed by atoms with Gasteiger partial charge in [-0.15, -0.1) is 0 Å². The summed E-state index contributed by atoms with van der Waals surface area (Å²) in [6, 6.07) is 18.3. The van der Waals surface area contributed by atoms with E-state index in [1.165, 1.54) is 17.3 Å². The quantitative estimate of drug-likeness (QED) is 0.517. The second kappa shape index (κ2) is 10.3. The summed E-state index contributed by atoms with van der Waals surface area (Å²) in [5, 5.41) is 15.4. The van der Waals surface area contributed by atoms with Crippen LogP contribution in [0.2, 0.25) is 0 Å². The van der Waals surface area contributed by atoms with Gasteiger partial charge in [0.1, 0.15) is 11.6 Å². The van der Waals surface area contributed by atoms with Gasteiger partial charge in [-0.1, -0.05) is 62.4 Å². The zero-order valence-electron chi connectivity index (χ0n) is 17.1. The van der Waals surface area contributed by atoms with Crippen LogP contribution in [0.25, 0.3) is 0 Å². The molecule has 2 aromatic rings. The molecule has 2 atom stereocenters. The van der Waals surface area contributed by atoms with Crippen molar-refractivity contribution in [2.24, 2.45) is 0 Å². The lowest BCUT2D eigenvalue weighted by Crippen LogP contribution is -2.28. The summed E-state index contributed by atoms with van der Waals surface area (Å²) in [4.78, 5) is 12.5. The molecule has 0 saturated carbocycles. The van der Waals surface area contributed by atoms with Crippen molar-refractivity contribution in [1.82, 2.24) is 10.6 Å². The Morgan fingerprint density at radius 1 is 0.929 bits per heavy atom. The average molecular weight is 376 g/mol. The molecule has 0 aliphatic rings. The Morgan fingerprint density at radius 3 is 1.82 bits per heavy atom. The maximum absolute atomic E-state index is 12.5. The smallest absolute Gasteiger partial charge is 0.263 e. The van der Waals surface area contributed by atoms with Gasteiger partial charge in [0, 0.05) is 12.2 Å². The third kappa shape index (κ3) is 5.72. The normalized spacial score (nSPS) is 13.3. The molecule has 4 nitrogen and oxygen atoms in total. The second-order valence-electron chi connectivity index (χ2n) is 6.94. The summed E-state index contributed by atoms with van der Waals surface area (Å²) in [6.07, 6.45) is 3.48. The highest BCUT2D eigenvalue weighted by molar-refractivity contribution is 5.97. The molecule has 0 fully saturated rings. The Labute approximate surface area is 168 Å². The first-order valence-electron chi connectivity index (χ1n) is 9.83. The zero-order chi connectivity index (χ0) is 20.5. The summed E-state index contributed by atoms with van der Waals surface area (Å²) in [6.45, 7) is 8.15. The van der Waals surface area contributed by atoms with Crippen LogP contribution in [0.15, 0.2) is 60.3 Å². The summed E-state index contributed by atoms with van der Waals surface area (Å²) in [5.41, 5.74) is 4.72. The molecule has 4 heteroatoms. The molecular formula is C24H29N3O. The summed E-state index contributed by atoms with van der Waals surface area (Å²) < 4.78 is 0. The van der Waals surface area contributed by atoms with Gasteiger partial charge in [-0.2, -0.15) is 5.26 Å². The minimum absolute atomic E-state index is 0.000989. The van der Waals surface area contributed by atoms with Crippen LogP contribution < -0.4 is 10.6 Å². The fourth-order valence-electron chi connectivity index (χ4n) is 2.89. The van der Waals surface area contributed by atoms with E-state index in [2.05, 4.69) is 60.9 Å². The number of carbonyl (C=O) groups is 1. The fraction of sp³-hybridized carbons (Fsp3) is 0.333. The van der Waals surface area contributed by atoms with Crippen molar-refractivity contribution in [3.05, 3.63) is 82.6 Å². The lowest BCUT2D eigenvalue weighted by molar-refractivity contribution is -0.117. The third-order valence-corrected chi connectivity index (χ3v) is 4.97. The van der Waals surface area contributed by atoms with Crippen LogP contribution in [0.4, 0.5) is 0 Å². The fourth-order valence-corrected chi connectivity index (χ4v) is 2.89. The standard InChI is InChI=1S/C24H29N3O/c1-5-19-7-11-21(12-8-19)17(3)26-16-23(15-25)24(28)27-18(4)22-13-9-20(6-2)10-14-22/h7-14,16-18,26H,5-6H2,1-4H3,(H,27,28)/b23-16-. The largest absolute Gasteiger partial charge is 0.383 e. The van der Waals surface area contributed by atoms with Crippen molar-refractivity contribution in [2.75, 3.05) is 0 Å². The lowest BCUT2D eigenvalue weighted by atomic mass is 10.0. The number of hydrogen-bond donors (Lipinski definition) is 2. The molecule has 2 N–H and O–H groups in total. The molecule has 0 radical (unpaired) electrons. The number of carbonyl (C=O) groups excluding carboxylic acids is 1. The maximum atomic E-state index is 12.5. The Morgan fingerprint density at radius 2 is 1.39 bits per heavy atom. The van der Waals surface area contributed by atoms with Crippen molar-refractivity contribution in [2.45, 2.75) is 52.6 Å². The lowest BCUT2D eigenvalue weighted by Gasteiger charge is -2.16. The number of nitrogens with zero attached hydrogens (tertiary/aromatic N) is 1. The predicted octanol–water partition coefficient (Wildman–Crippen LogP) is 4.75. The second-order valence-corrected chi connectivity index (χ2v) is 6.94. The van der Waals surface area contributed by atoms with E-state index < -0.39 is 0 Å². The van der Waals surface area contributed by atoms with Crippen LogP contribution in [-0.2, 0) is 17.6 Å². The van der Waals surface area contributed by atoms with Gasteiger partial charge in [-0.3, -0.25) is 4.79 Å². The van der Waals surface area contributed by atoms with Crippen LogP contribution in [0, 0.1) is 11.3 Å². The van der Waals surface area contributed by atoms with Gasteiger partial charge in [0.15, 0.2) is 0 Å². The number of amides is 1. The highest BCUT2D eigenvalue weighted by atomic mass is 16.1. The van der Waals surface area contributed by atoms with E-state index in [1.807, 2.05) is 32.0 Å². The summed E-state index contributed by atoms with van der Waals surface area (Å²) in [5.74, 6) is -0.379. The molecule has 0 heterocycles. The molecule has 0 aromatic heterocycles.